The molecule has 1 aliphatic rings. The van der Waals surface area contributed by atoms with Crippen molar-refractivity contribution in [3.63, 3.8) is 0 Å². The van der Waals surface area contributed by atoms with Crippen LogP contribution in [0.4, 0.5) is 5.69 Å². The highest BCUT2D eigenvalue weighted by Crippen LogP contribution is 2.32. The molecule has 4 rings (SSSR count). The van der Waals surface area contributed by atoms with E-state index in [0.29, 0.717) is 11.2 Å². The molecule has 2 N–H and O–H groups in total. The quantitative estimate of drug-likeness (QED) is 0.624. The molecule has 1 fully saturated rings. The molecule has 0 aliphatic carbocycles. The molecule has 6 heteroatoms. The lowest BCUT2D eigenvalue weighted by Crippen LogP contribution is -2.29. The standard InChI is InChI=1S/C22H29N5S/c1-15(2)20-14-24-22-19(25-16(3)17-7-5-4-6-8-17)13-21(26-27(20)22)28-18-9-11-23-12-10-18/h4-8,13-16,18,23,25H,9-12H2,1-3H3. The van der Waals surface area contributed by atoms with Crippen molar-refractivity contribution >= 4 is 23.1 Å². The fraction of sp³-hybridized carbons (Fsp3) is 0.455. The van der Waals surface area contributed by atoms with E-state index in [1.165, 1.54) is 18.4 Å². The third-order valence-corrected chi connectivity index (χ3v) is 6.55. The molecular formula is C22H29N5S. The Bertz CT molecular complexity index is 915. The monoisotopic (exact) mass is 395 g/mol. The molecule has 1 unspecified atom stereocenters. The summed E-state index contributed by atoms with van der Waals surface area (Å²) in [6.45, 7) is 8.77. The Kier molecular flexibility index (Phi) is 5.87. The zero-order chi connectivity index (χ0) is 19.5. The van der Waals surface area contributed by atoms with Gasteiger partial charge in [-0.15, -0.1) is 11.8 Å². The Morgan fingerprint density at radius 3 is 2.61 bits per heavy atom. The normalized spacial score (nSPS) is 16.6. The molecular weight excluding hydrogens is 366 g/mol. The first-order chi connectivity index (χ1) is 13.6. The Morgan fingerprint density at radius 1 is 1.14 bits per heavy atom. The zero-order valence-corrected chi connectivity index (χ0v) is 17.7. The van der Waals surface area contributed by atoms with Crippen molar-refractivity contribution < 1.29 is 0 Å². The molecule has 148 valence electrons. The molecule has 1 atom stereocenters. The van der Waals surface area contributed by atoms with Crippen molar-refractivity contribution in [2.45, 2.75) is 55.8 Å². The second-order valence-electron chi connectivity index (χ2n) is 7.81. The van der Waals surface area contributed by atoms with E-state index >= 15 is 0 Å². The third-order valence-electron chi connectivity index (χ3n) is 5.31. The van der Waals surface area contributed by atoms with Crippen LogP contribution in [-0.4, -0.2) is 32.9 Å². The van der Waals surface area contributed by atoms with Crippen molar-refractivity contribution in [1.29, 1.82) is 0 Å². The van der Waals surface area contributed by atoms with Crippen LogP contribution < -0.4 is 10.6 Å². The Labute approximate surface area is 171 Å². The van der Waals surface area contributed by atoms with Crippen molar-refractivity contribution in [2.24, 2.45) is 0 Å². The van der Waals surface area contributed by atoms with Gasteiger partial charge in [0.05, 0.1) is 17.6 Å². The lowest BCUT2D eigenvalue weighted by Gasteiger charge is -2.22. The number of rotatable bonds is 6. The van der Waals surface area contributed by atoms with Crippen LogP contribution in [0, 0.1) is 0 Å². The minimum absolute atomic E-state index is 0.198. The first-order valence-corrected chi connectivity index (χ1v) is 11.1. The van der Waals surface area contributed by atoms with Crippen LogP contribution >= 0.6 is 11.8 Å². The maximum atomic E-state index is 4.95. The Balaban J connectivity index is 1.68. The van der Waals surface area contributed by atoms with Gasteiger partial charge in [0.2, 0.25) is 0 Å². The number of aromatic nitrogens is 3. The van der Waals surface area contributed by atoms with Crippen LogP contribution in [0.1, 0.15) is 56.8 Å². The van der Waals surface area contributed by atoms with Gasteiger partial charge in [-0.1, -0.05) is 44.2 Å². The smallest absolute Gasteiger partial charge is 0.177 e. The summed E-state index contributed by atoms with van der Waals surface area (Å²) in [6, 6.07) is 12.9. The average Bonchev–Trinajstić information content (AvgIpc) is 3.14. The summed E-state index contributed by atoms with van der Waals surface area (Å²) in [5.74, 6) is 0.376. The topological polar surface area (TPSA) is 54.2 Å². The molecule has 0 saturated carbocycles. The summed E-state index contributed by atoms with van der Waals surface area (Å²) in [4.78, 5) is 4.69. The van der Waals surface area contributed by atoms with E-state index in [9.17, 15) is 0 Å². The average molecular weight is 396 g/mol. The predicted molar refractivity (Wildman–Crippen MR) is 117 cm³/mol. The maximum absolute atomic E-state index is 4.95. The van der Waals surface area contributed by atoms with E-state index in [0.717, 1.165) is 35.1 Å². The molecule has 0 bridgehead atoms. The van der Waals surface area contributed by atoms with Gasteiger partial charge in [0.1, 0.15) is 5.03 Å². The first-order valence-electron chi connectivity index (χ1n) is 10.2. The second kappa shape index (κ2) is 8.53. The van der Waals surface area contributed by atoms with Gasteiger partial charge in [0.15, 0.2) is 5.65 Å². The molecule has 2 aromatic heterocycles. The maximum Gasteiger partial charge on any atom is 0.177 e. The van der Waals surface area contributed by atoms with Gasteiger partial charge in [0.25, 0.3) is 0 Å². The molecule has 28 heavy (non-hydrogen) atoms. The number of anilines is 1. The van der Waals surface area contributed by atoms with Crippen LogP contribution in [-0.2, 0) is 0 Å². The van der Waals surface area contributed by atoms with Crippen molar-refractivity contribution in [3.05, 3.63) is 53.9 Å². The molecule has 1 saturated heterocycles. The number of piperidine rings is 1. The molecule has 0 radical (unpaired) electrons. The fourth-order valence-corrected chi connectivity index (χ4v) is 4.79. The van der Waals surface area contributed by atoms with Crippen LogP contribution in [0.5, 0.6) is 0 Å². The number of nitrogens with one attached hydrogen (secondary N) is 2. The fourth-order valence-electron chi connectivity index (χ4n) is 3.66. The molecule has 0 amide bonds. The van der Waals surface area contributed by atoms with Gasteiger partial charge >= 0.3 is 0 Å². The van der Waals surface area contributed by atoms with Crippen molar-refractivity contribution in [1.82, 2.24) is 19.9 Å². The molecule has 3 aromatic rings. The summed E-state index contributed by atoms with van der Waals surface area (Å²) in [6.07, 6.45) is 4.34. The van der Waals surface area contributed by atoms with Crippen LogP contribution in [0.3, 0.4) is 0 Å². The number of thioether (sulfide) groups is 1. The lowest BCUT2D eigenvalue weighted by molar-refractivity contribution is 0.531. The highest BCUT2D eigenvalue weighted by atomic mass is 32.2. The van der Waals surface area contributed by atoms with Gasteiger partial charge in [-0.25, -0.2) is 9.50 Å². The summed E-state index contributed by atoms with van der Waals surface area (Å²) in [7, 11) is 0. The first kappa shape index (κ1) is 19.3. The Hall–Kier alpha value is -2.05. The van der Waals surface area contributed by atoms with Gasteiger partial charge in [-0.05, 0) is 50.4 Å². The highest BCUT2D eigenvalue weighted by Gasteiger charge is 2.19. The van der Waals surface area contributed by atoms with E-state index in [4.69, 9.17) is 10.1 Å². The molecule has 1 aliphatic heterocycles. The van der Waals surface area contributed by atoms with E-state index in [2.05, 4.69) is 67.8 Å². The SMILES string of the molecule is CC(C)c1cnc2c(NC(C)c3ccccc3)cc(SC3CCNCC3)nn12. The van der Waals surface area contributed by atoms with E-state index in [1.54, 1.807) is 0 Å². The van der Waals surface area contributed by atoms with E-state index in [-0.39, 0.29) is 6.04 Å². The minimum atomic E-state index is 0.198. The number of hydrogen-bond donors (Lipinski definition) is 2. The summed E-state index contributed by atoms with van der Waals surface area (Å²) >= 11 is 1.90. The van der Waals surface area contributed by atoms with E-state index < -0.39 is 0 Å². The van der Waals surface area contributed by atoms with Crippen LogP contribution in [0.15, 0.2) is 47.6 Å². The second-order valence-corrected chi connectivity index (χ2v) is 9.13. The van der Waals surface area contributed by atoms with Crippen molar-refractivity contribution in [3.8, 4) is 0 Å². The zero-order valence-electron chi connectivity index (χ0n) is 16.9. The lowest BCUT2D eigenvalue weighted by atomic mass is 10.1. The molecule has 1 aromatic carbocycles. The third kappa shape index (κ3) is 4.18. The van der Waals surface area contributed by atoms with Crippen molar-refractivity contribution in [2.75, 3.05) is 18.4 Å². The summed E-state index contributed by atoms with van der Waals surface area (Å²) in [5, 5.41) is 13.8. The van der Waals surface area contributed by atoms with Gasteiger partial charge in [-0.2, -0.15) is 5.10 Å². The number of hydrogen-bond acceptors (Lipinski definition) is 5. The number of fused-ring (bicyclic) bond motifs is 1. The highest BCUT2D eigenvalue weighted by molar-refractivity contribution is 7.99. The molecule has 5 nitrogen and oxygen atoms in total. The largest absolute Gasteiger partial charge is 0.375 e. The van der Waals surface area contributed by atoms with Gasteiger partial charge < -0.3 is 10.6 Å². The van der Waals surface area contributed by atoms with Gasteiger partial charge in [-0.3, -0.25) is 0 Å². The van der Waals surface area contributed by atoms with Gasteiger partial charge in [0, 0.05) is 11.3 Å². The summed E-state index contributed by atoms with van der Waals surface area (Å²) < 4.78 is 2.04. The number of benzene rings is 1. The number of imidazole rings is 1. The molecule has 0 spiro atoms. The van der Waals surface area contributed by atoms with E-state index in [1.807, 2.05) is 22.5 Å². The summed E-state index contributed by atoms with van der Waals surface area (Å²) in [5.41, 5.74) is 4.37. The molecule has 3 heterocycles. The minimum Gasteiger partial charge on any atom is -0.375 e. The van der Waals surface area contributed by atoms with Crippen LogP contribution in [0.2, 0.25) is 0 Å². The van der Waals surface area contributed by atoms with Crippen LogP contribution in [0.25, 0.3) is 5.65 Å². The number of nitrogens with zero attached hydrogens (tertiary/aromatic N) is 3. The Morgan fingerprint density at radius 2 is 1.89 bits per heavy atom. The predicted octanol–water partition coefficient (Wildman–Crippen LogP) is 4.87.